The van der Waals surface area contributed by atoms with Crippen LogP contribution in [0.3, 0.4) is 0 Å². The van der Waals surface area contributed by atoms with Gasteiger partial charge in [-0.1, -0.05) is 18.2 Å². The van der Waals surface area contributed by atoms with Gasteiger partial charge in [0.1, 0.15) is 0 Å². The molecule has 4 rings (SSSR count). The van der Waals surface area contributed by atoms with Gasteiger partial charge in [0.15, 0.2) is 5.82 Å². The van der Waals surface area contributed by atoms with Gasteiger partial charge >= 0.3 is 6.18 Å². The van der Waals surface area contributed by atoms with Crippen LogP contribution in [-0.4, -0.2) is 26.3 Å². The van der Waals surface area contributed by atoms with Gasteiger partial charge in [-0.05, 0) is 29.8 Å². The number of nitrogen functional groups attached to an aromatic ring is 1. The largest absolute Gasteiger partial charge is 0.416 e. The number of nitrogens with zero attached hydrogens (tertiary/aromatic N) is 4. The third kappa shape index (κ3) is 3.64. The summed E-state index contributed by atoms with van der Waals surface area (Å²) < 4.78 is 41.9. The van der Waals surface area contributed by atoms with E-state index in [0.29, 0.717) is 21.8 Å². The predicted molar refractivity (Wildman–Crippen MR) is 114 cm³/mol. The highest BCUT2D eigenvalue weighted by atomic mass is 19.4. The van der Waals surface area contributed by atoms with E-state index in [-0.39, 0.29) is 23.9 Å². The Kier molecular flexibility index (Phi) is 5.08. The first-order valence-electron chi connectivity index (χ1n) is 9.59. The lowest BCUT2D eigenvalue weighted by molar-refractivity contribution is -0.138. The highest BCUT2D eigenvalue weighted by molar-refractivity contribution is 6.21. The summed E-state index contributed by atoms with van der Waals surface area (Å²) in [6.07, 6.45) is -2.84. The number of halogens is 3. The molecule has 2 amide bonds. The normalized spacial score (nSPS) is 11.8. The van der Waals surface area contributed by atoms with Gasteiger partial charge in [0.05, 0.1) is 16.5 Å². The standard InChI is InChI=1S/C22H18F3N5O2/c1-12(31)30(13(2)32)20-19-15-9-10-29(18(15)8-7-17(19)27-21(26)28-20)11-14-5-3-4-6-16(14)22(23,24)25/h3-10H,11H2,1-2H3,(H2,26,27,28). The van der Waals surface area contributed by atoms with Crippen LogP contribution < -0.4 is 10.6 Å². The molecule has 7 nitrogen and oxygen atoms in total. The summed E-state index contributed by atoms with van der Waals surface area (Å²) in [6.45, 7) is 2.43. The van der Waals surface area contributed by atoms with E-state index in [1.807, 2.05) is 0 Å². The van der Waals surface area contributed by atoms with Crippen molar-refractivity contribution in [2.24, 2.45) is 0 Å². The lowest BCUT2D eigenvalue weighted by Gasteiger charge is -2.19. The lowest BCUT2D eigenvalue weighted by atomic mass is 10.1. The zero-order chi connectivity index (χ0) is 23.2. The molecule has 0 aliphatic carbocycles. The molecule has 2 aromatic carbocycles. The van der Waals surface area contributed by atoms with Crippen molar-refractivity contribution in [2.45, 2.75) is 26.6 Å². The van der Waals surface area contributed by atoms with Crippen molar-refractivity contribution in [3.63, 3.8) is 0 Å². The molecule has 32 heavy (non-hydrogen) atoms. The molecule has 0 aliphatic rings. The Morgan fingerprint density at radius 1 is 1.03 bits per heavy atom. The highest BCUT2D eigenvalue weighted by Gasteiger charge is 2.33. The Labute approximate surface area is 180 Å². The van der Waals surface area contributed by atoms with Crippen molar-refractivity contribution >= 4 is 45.4 Å². The van der Waals surface area contributed by atoms with Gasteiger partial charge in [-0.2, -0.15) is 18.2 Å². The maximum atomic E-state index is 13.4. The molecule has 0 atom stereocenters. The molecule has 2 aromatic heterocycles. The van der Waals surface area contributed by atoms with E-state index in [4.69, 9.17) is 5.73 Å². The van der Waals surface area contributed by atoms with Gasteiger partial charge in [0.2, 0.25) is 17.8 Å². The summed E-state index contributed by atoms with van der Waals surface area (Å²) in [5, 5.41) is 0.986. The number of nitrogens with two attached hydrogens (primary N) is 1. The molecular weight excluding hydrogens is 423 g/mol. The maximum Gasteiger partial charge on any atom is 0.416 e. The quantitative estimate of drug-likeness (QED) is 0.516. The molecule has 2 N–H and O–H groups in total. The molecule has 4 aromatic rings. The Hall–Kier alpha value is -3.95. The van der Waals surface area contributed by atoms with E-state index in [0.717, 1.165) is 11.0 Å². The van der Waals surface area contributed by atoms with Crippen LogP contribution in [0.25, 0.3) is 21.8 Å². The highest BCUT2D eigenvalue weighted by Crippen LogP contribution is 2.35. The first-order chi connectivity index (χ1) is 15.1. The van der Waals surface area contributed by atoms with Crippen LogP contribution >= 0.6 is 0 Å². The van der Waals surface area contributed by atoms with Gasteiger partial charge in [-0.15, -0.1) is 0 Å². The second kappa shape index (κ2) is 7.63. The zero-order valence-electron chi connectivity index (χ0n) is 17.1. The number of fused-ring (bicyclic) bond motifs is 3. The molecular formula is C22H18F3N5O2. The number of aromatic nitrogens is 3. The maximum absolute atomic E-state index is 13.4. The Morgan fingerprint density at radius 3 is 2.38 bits per heavy atom. The summed E-state index contributed by atoms with van der Waals surface area (Å²) in [6, 6.07) is 10.4. The fourth-order valence-corrected chi connectivity index (χ4v) is 3.84. The van der Waals surface area contributed by atoms with E-state index in [9.17, 15) is 22.8 Å². The molecule has 0 aliphatic heterocycles. The minimum Gasteiger partial charge on any atom is -0.368 e. The Balaban J connectivity index is 1.93. The van der Waals surface area contributed by atoms with Gasteiger partial charge in [-0.25, -0.2) is 9.88 Å². The van der Waals surface area contributed by atoms with E-state index >= 15 is 0 Å². The molecule has 0 fully saturated rings. The summed E-state index contributed by atoms with van der Waals surface area (Å²) in [7, 11) is 0. The number of benzene rings is 2. The number of carbonyl (C=O) groups excluding carboxylic acids is 2. The fourth-order valence-electron chi connectivity index (χ4n) is 3.84. The van der Waals surface area contributed by atoms with Crippen LogP contribution in [0.1, 0.15) is 25.0 Å². The Bertz CT molecular complexity index is 1360. The Morgan fingerprint density at radius 2 is 1.72 bits per heavy atom. The van der Waals surface area contributed by atoms with Crippen LogP contribution in [0.15, 0.2) is 48.7 Å². The monoisotopic (exact) mass is 441 g/mol. The van der Waals surface area contributed by atoms with Crippen molar-refractivity contribution in [3.8, 4) is 0 Å². The molecule has 10 heteroatoms. The SMILES string of the molecule is CC(=O)N(C(C)=O)c1nc(N)nc2ccc3c(ccn3Cc3ccccc3C(F)(F)F)c12. The summed E-state index contributed by atoms with van der Waals surface area (Å²) in [5.74, 6) is -1.18. The number of rotatable bonds is 3. The van der Waals surface area contributed by atoms with Crippen LogP contribution in [-0.2, 0) is 22.3 Å². The van der Waals surface area contributed by atoms with Gasteiger partial charge in [0.25, 0.3) is 0 Å². The third-order valence-electron chi connectivity index (χ3n) is 5.12. The average molecular weight is 441 g/mol. The summed E-state index contributed by atoms with van der Waals surface area (Å²) >= 11 is 0. The molecule has 0 bridgehead atoms. The molecule has 0 radical (unpaired) electrons. The smallest absolute Gasteiger partial charge is 0.368 e. The summed E-state index contributed by atoms with van der Waals surface area (Å²) in [5.41, 5.74) is 6.19. The number of hydrogen-bond donors (Lipinski definition) is 1. The van der Waals surface area contributed by atoms with E-state index < -0.39 is 23.6 Å². The lowest BCUT2D eigenvalue weighted by Crippen LogP contribution is -2.34. The van der Waals surface area contributed by atoms with Crippen molar-refractivity contribution in [3.05, 3.63) is 59.8 Å². The second-order valence-electron chi connectivity index (χ2n) is 7.27. The fraction of sp³-hybridized carbons (Fsp3) is 0.182. The van der Waals surface area contributed by atoms with Crippen molar-refractivity contribution in [1.82, 2.24) is 14.5 Å². The van der Waals surface area contributed by atoms with Crippen LogP contribution in [0, 0.1) is 0 Å². The number of imide groups is 1. The van der Waals surface area contributed by atoms with Crippen LogP contribution in [0.2, 0.25) is 0 Å². The van der Waals surface area contributed by atoms with Gasteiger partial charge in [0, 0.05) is 37.5 Å². The van der Waals surface area contributed by atoms with Crippen molar-refractivity contribution in [2.75, 3.05) is 10.6 Å². The molecule has 164 valence electrons. The minimum absolute atomic E-state index is 0.0288. The molecule has 2 heterocycles. The van der Waals surface area contributed by atoms with Crippen LogP contribution in [0.5, 0.6) is 0 Å². The second-order valence-corrected chi connectivity index (χ2v) is 7.27. The van der Waals surface area contributed by atoms with Gasteiger partial charge in [-0.3, -0.25) is 9.59 Å². The zero-order valence-corrected chi connectivity index (χ0v) is 17.1. The third-order valence-corrected chi connectivity index (χ3v) is 5.12. The van der Waals surface area contributed by atoms with Crippen LogP contribution in [0.4, 0.5) is 24.9 Å². The number of carbonyl (C=O) groups is 2. The first-order valence-corrected chi connectivity index (χ1v) is 9.59. The summed E-state index contributed by atoms with van der Waals surface area (Å²) in [4.78, 5) is 33.5. The van der Waals surface area contributed by atoms with Crippen molar-refractivity contribution in [1.29, 1.82) is 0 Å². The number of hydrogen-bond acceptors (Lipinski definition) is 5. The van der Waals surface area contributed by atoms with E-state index in [1.54, 1.807) is 35.0 Å². The average Bonchev–Trinajstić information content (AvgIpc) is 3.09. The number of anilines is 2. The molecule has 0 unspecified atom stereocenters. The van der Waals surface area contributed by atoms with Crippen molar-refractivity contribution < 1.29 is 22.8 Å². The van der Waals surface area contributed by atoms with E-state index in [2.05, 4.69) is 9.97 Å². The molecule has 0 spiro atoms. The number of amides is 2. The molecule has 0 saturated carbocycles. The topological polar surface area (TPSA) is 94.1 Å². The van der Waals surface area contributed by atoms with Gasteiger partial charge < -0.3 is 10.3 Å². The predicted octanol–water partition coefficient (Wildman–Crippen LogP) is 4.13. The molecule has 0 saturated heterocycles. The van der Waals surface area contributed by atoms with E-state index in [1.165, 1.54) is 26.0 Å². The number of alkyl halides is 3. The minimum atomic E-state index is -4.48. The first kappa shape index (κ1) is 21.3.